The van der Waals surface area contributed by atoms with Gasteiger partial charge in [-0.15, -0.1) is 0 Å². The predicted octanol–water partition coefficient (Wildman–Crippen LogP) is 3.75. The lowest BCUT2D eigenvalue weighted by Crippen LogP contribution is -2.35. The molecule has 2 aromatic rings. The van der Waals surface area contributed by atoms with Crippen molar-refractivity contribution in [2.24, 2.45) is 0 Å². The summed E-state index contributed by atoms with van der Waals surface area (Å²) in [6.45, 7) is 3.04. The Morgan fingerprint density at radius 2 is 1.96 bits per heavy atom. The molecule has 0 atom stereocenters. The fraction of sp³-hybridized carbons (Fsp3) is 0.333. The lowest BCUT2D eigenvalue weighted by atomic mass is 10.00. The first-order valence-corrected chi connectivity index (χ1v) is 9.30. The third-order valence-corrected chi connectivity index (χ3v) is 4.91. The number of nitrogens with zero attached hydrogens (tertiary/aromatic N) is 1. The fourth-order valence-electron chi connectivity index (χ4n) is 3.44. The van der Waals surface area contributed by atoms with Crippen molar-refractivity contribution >= 4 is 23.2 Å². The van der Waals surface area contributed by atoms with Crippen molar-refractivity contribution in [2.75, 3.05) is 23.6 Å². The van der Waals surface area contributed by atoms with Gasteiger partial charge in [0, 0.05) is 29.9 Å². The van der Waals surface area contributed by atoms with Gasteiger partial charge in [-0.1, -0.05) is 13.3 Å². The van der Waals surface area contributed by atoms with Crippen LogP contribution in [0.4, 0.5) is 11.4 Å². The lowest BCUT2D eigenvalue weighted by Gasteiger charge is -2.29. The molecule has 4 rings (SSSR count). The molecule has 27 heavy (non-hydrogen) atoms. The highest BCUT2D eigenvalue weighted by Gasteiger charge is 2.24. The maximum atomic E-state index is 12.6. The van der Waals surface area contributed by atoms with Gasteiger partial charge in [0.25, 0.3) is 5.91 Å². The second kappa shape index (κ2) is 7.31. The molecule has 6 nitrogen and oxygen atoms in total. The Bertz CT molecular complexity index is 894. The van der Waals surface area contributed by atoms with Gasteiger partial charge >= 0.3 is 0 Å². The van der Waals surface area contributed by atoms with E-state index in [1.165, 1.54) is 0 Å². The van der Waals surface area contributed by atoms with Crippen LogP contribution in [0.1, 0.15) is 42.1 Å². The predicted molar refractivity (Wildman–Crippen MR) is 103 cm³/mol. The standard InChI is InChI=1S/C21H22N2O4/c1-2-3-10-23-17-7-6-16(11-14(17)5-9-20(23)24)22-21(25)15-4-8-18-19(12-15)27-13-26-18/h4,6-8,11-12H,2-3,5,9-10,13H2,1H3,(H,22,25). The fourth-order valence-corrected chi connectivity index (χ4v) is 3.44. The van der Waals surface area contributed by atoms with Gasteiger partial charge in [0.1, 0.15) is 0 Å². The summed E-state index contributed by atoms with van der Waals surface area (Å²) in [6.07, 6.45) is 3.23. The highest BCUT2D eigenvalue weighted by Crippen LogP contribution is 2.33. The van der Waals surface area contributed by atoms with Gasteiger partial charge in [0.15, 0.2) is 11.5 Å². The summed E-state index contributed by atoms with van der Waals surface area (Å²) < 4.78 is 10.6. The molecule has 2 heterocycles. The number of hydrogen-bond donors (Lipinski definition) is 1. The zero-order valence-electron chi connectivity index (χ0n) is 15.3. The molecule has 2 aliphatic heterocycles. The van der Waals surface area contributed by atoms with E-state index in [1.807, 2.05) is 23.1 Å². The van der Waals surface area contributed by atoms with Gasteiger partial charge in [-0.05, 0) is 54.8 Å². The largest absolute Gasteiger partial charge is 0.454 e. The van der Waals surface area contributed by atoms with Crippen LogP contribution < -0.4 is 19.7 Å². The summed E-state index contributed by atoms with van der Waals surface area (Å²) in [7, 11) is 0. The number of ether oxygens (including phenoxy) is 2. The van der Waals surface area contributed by atoms with E-state index in [0.717, 1.165) is 36.3 Å². The summed E-state index contributed by atoms with van der Waals surface area (Å²) in [4.78, 5) is 26.7. The maximum Gasteiger partial charge on any atom is 0.255 e. The van der Waals surface area contributed by atoms with Crippen molar-refractivity contribution < 1.29 is 19.1 Å². The zero-order valence-corrected chi connectivity index (χ0v) is 15.3. The first-order valence-electron chi connectivity index (χ1n) is 9.30. The second-order valence-corrected chi connectivity index (χ2v) is 6.76. The number of nitrogens with one attached hydrogen (secondary N) is 1. The number of carbonyl (C=O) groups is 2. The third kappa shape index (κ3) is 3.47. The molecule has 1 N–H and O–H groups in total. The molecule has 0 radical (unpaired) electrons. The van der Waals surface area contributed by atoms with E-state index in [4.69, 9.17) is 9.47 Å². The van der Waals surface area contributed by atoms with Crippen LogP contribution in [-0.2, 0) is 11.2 Å². The number of amides is 2. The molecule has 6 heteroatoms. The van der Waals surface area contributed by atoms with E-state index in [-0.39, 0.29) is 18.6 Å². The molecule has 2 amide bonds. The summed E-state index contributed by atoms with van der Waals surface area (Å²) in [5.74, 6) is 1.20. The molecule has 0 fully saturated rings. The van der Waals surface area contributed by atoms with E-state index >= 15 is 0 Å². The number of carbonyl (C=O) groups excluding carboxylic acids is 2. The Kier molecular flexibility index (Phi) is 4.71. The van der Waals surface area contributed by atoms with Crippen molar-refractivity contribution in [3.8, 4) is 11.5 Å². The van der Waals surface area contributed by atoms with Crippen molar-refractivity contribution in [3.63, 3.8) is 0 Å². The molecule has 0 bridgehead atoms. The van der Waals surface area contributed by atoms with Gasteiger partial charge < -0.3 is 19.7 Å². The van der Waals surface area contributed by atoms with Crippen LogP contribution in [0.3, 0.4) is 0 Å². The van der Waals surface area contributed by atoms with E-state index in [2.05, 4.69) is 12.2 Å². The van der Waals surface area contributed by atoms with Gasteiger partial charge in [0.05, 0.1) is 0 Å². The summed E-state index contributed by atoms with van der Waals surface area (Å²) in [6, 6.07) is 10.9. The van der Waals surface area contributed by atoms with Gasteiger partial charge in [0.2, 0.25) is 12.7 Å². The number of unbranched alkanes of at least 4 members (excludes halogenated alkanes) is 1. The number of aryl methyl sites for hydroxylation is 1. The third-order valence-electron chi connectivity index (χ3n) is 4.91. The molecular weight excluding hydrogens is 344 g/mol. The van der Waals surface area contributed by atoms with Crippen LogP contribution >= 0.6 is 0 Å². The lowest BCUT2D eigenvalue weighted by molar-refractivity contribution is -0.118. The van der Waals surface area contributed by atoms with Gasteiger partial charge in [-0.25, -0.2) is 0 Å². The molecular formula is C21H22N2O4. The van der Waals surface area contributed by atoms with Crippen molar-refractivity contribution in [1.29, 1.82) is 0 Å². The molecule has 2 aromatic carbocycles. The highest BCUT2D eigenvalue weighted by molar-refractivity contribution is 6.05. The van der Waals surface area contributed by atoms with E-state index in [0.29, 0.717) is 29.9 Å². The summed E-state index contributed by atoms with van der Waals surface area (Å²) in [5.41, 5.74) is 3.29. The van der Waals surface area contributed by atoms with Crippen LogP contribution in [0.15, 0.2) is 36.4 Å². The molecule has 140 valence electrons. The minimum absolute atomic E-state index is 0.174. The topological polar surface area (TPSA) is 67.9 Å². The Hall–Kier alpha value is -3.02. The number of benzene rings is 2. The van der Waals surface area contributed by atoms with Gasteiger partial charge in [-0.2, -0.15) is 0 Å². The Balaban J connectivity index is 1.52. The van der Waals surface area contributed by atoms with Crippen molar-refractivity contribution in [2.45, 2.75) is 32.6 Å². The van der Waals surface area contributed by atoms with Crippen molar-refractivity contribution in [1.82, 2.24) is 0 Å². The first kappa shape index (κ1) is 17.4. The molecule has 0 aliphatic carbocycles. The van der Waals surface area contributed by atoms with E-state index in [9.17, 15) is 9.59 Å². The normalized spacial score (nSPS) is 14.9. The number of anilines is 2. The SMILES string of the molecule is CCCCN1C(=O)CCc2cc(NC(=O)c3ccc4c(c3)OCO4)ccc21. The van der Waals surface area contributed by atoms with Gasteiger partial charge in [-0.3, -0.25) is 9.59 Å². The Morgan fingerprint density at radius 3 is 2.81 bits per heavy atom. The van der Waals surface area contributed by atoms with Crippen LogP contribution in [0.2, 0.25) is 0 Å². The smallest absolute Gasteiger partial charge is 0.255 e. The van der Waals surface area contributed by atoms with Crippen LogP contribution in [0, 0.1) is 0 Å². The average Bonchev–Trinajstić information content (AvgIpc) is 3.15. The Labute approximate surface area is 158 Å². The second-order valence-electron chi connectivity index (χ2n) is 6.76. The van der Waals surface area contributed by atoms with Crippen LogP contribution in [0.5, 0.6) is 11.5 Å². The highest BCUT2D eigenvalue weighted by atomic mass is 16.7. The van der Waals surface area contributed by atoms with Crippen molar-refractivity contribution in [3.05, 3.63) is 47.5 Å². The zero-order chi connectivity index (χ0) is 18.8. The van der Waals surface area contributed by atoms with Crippen LogP contribution in [-0.4, -0.2) is 25.2 Å². The van der Waals surface area contributed by atoms with E-state index in [1.54, 1.807) is 18.2 Å². The molecule has 0 saturated heterocycles. The molecule has 0 saturated carbocycles. The minimum atomic E-state index is -0.206. The maximum absolute atomic E-state index is 12.6. The van der Waals surface area contributed by atoms with Crippen LogP contribution in [0.25, 0.3) is 0 Å². The molecule has 2 aliphatic rings. The number of hydrogen-bond acceptors (Lipinski definition) is 4. The Morgan fingerprint density at radius 1 is 1.11 bits per heavy atom. The monoisotopic (exact) mass is 366 g/mol. The summed E-state index contributed by atoms with van der Waals surface area (Å²) in [5, 5.41) is 2.93. The minimum Gasteiger partial charge on any atom is -0.454 e. The number of rotatable bonds is 5. The molecule has 0 unspecified atom stereocenters. The average molecular weight is 366 g/mol. The molecule has 0 aromatic heterocycles. The molecule has 0 spiro atoms. The quantitative estimate of drug-likeness (QED) is 0.875. The first-order chi connectivity index (χ1) is 13.2. The number of fused-ring (bicyclic) bond motifs is 2. The van der Waals surface area contributed by atoms with E-state index < -0.39 is 0 Å². The summed E-state index contributed by atoms with van der Waals surface area (Å²) >= 11 is 0.